The number of carbonyl (C=O) groups is 4. The van der Waals surface area contributed by atoms with Gasteiger partial charge in [0.25, 0.3) is 0 Å². The van der Waals surface area contributed by atoms with Crippen molar-refractivity contribution in [1.82, 2.24) is 5.32 Å². The molecule has 4 atom stereocenters. The lowest BCUT2D eigenvalue weighted by atomic mass is 9.91. The number of rotatable bonds is 6. The van der Waals surface area contributed by atoms with E-state index in [1.54, 1.807) is 6.92 Å². The lowest BCUT2D eigenvalue weighted by Gasteiger charge is -2.27. The first-order valence-corrected chi connectivity index (χ1v) is 13.1. The Balaban J connectivity index is 2.13. The van der Waals surface area contributed by atoms with Crippen molar-refractivity contribution in [3.05, 3.63) is 35.9 Å². The molecule has 0 spiro atoms. The van der Waals surface area contributed by atoms with E-state index in [0.29, 0.717) is 19.3 Å². The van der Waals surface area contributed by atoms with Gasteiger partial charge < -0.3 is 19.5 Å². The molecule has 1 aliphatic rings. The Labute approximate surface area is 214 Å². The van der Waals surface area contributed by atoms with Crippen molar-refractivity contribution in [2.45, 2.75) is 91.4 Å². The van der Waals surface area contributed by atoms with Crippen LogP contribution in [-0.2, 0) is 35.1 Å². The van der Waals surface area contributed by atoms with E-state index in [0.717, 1.165) is 18.4 Å². The molecule has 1 saturated heterocycles. The monoisotopic (exact) mass is 503 g/mol. The zero-order chi connectivity index (χ0) is 26.5. The van der Waals surface area contributed by atoms with Crippen LogP contribution >= 0.6 is 0 Å². The first-order chi connectivity index (χ1) is 17.2. The third kappa shape index (κ3) is 10.4. The van der Waals surface area contributed by atoms with Crippen LogP contribution < -0.4 is 5.32 Å². The van der Waals surface area contributed by atoms with Crippen molar-refractivity contribution in [2.75, 3.05) is 6.61 Å². The van der Waals surface area contributed by atoms with E-state index in [9.17, 15) is 19.2 Å². The summed E-state index contributed by atoms with van der Waals surface area (Å²) in [6, 6.07) is 9.43. The number of hydrogen-bond donors (Lipinski definition) is 1. The molecule has 1 heterocycles. The van der Waals surface area contributed by atoms with Crippen molar-refractivity contribution < 1.29 is 33.4 Å². The average Bonchev–Trinajstić information content (AvgIpc) is 2.84. The number of ether oxygens (including phenoxy) is 3. The Kier molecular flexibility index (Phi) is 12.4. The summed E-state index contributed by atoms with van der Waals surface area (Å²) in [6.45, 7) is 7.65. The van der Waals surface area contributed by atoms with Gasteiger partial charge in [-0.1, -0.05) is 70.9 Å². The Hall–Kier alpha value is -2.90. The molecule has 0 radical (unpaired) electrons. The standard InChI is InChI=1S/C28H41NO7/c1-19(2)17-25(30)35-23-15-16-34-27(32)20(3)11-7-5-10-14-24(26(31)21(23)4)36-28(33)29-18-22-12-8-6-9-13-22/h6,8-9,12-13,19-21,23-24H,5,7,10-11,14-18H2,1-4H3,(H,29,33). The van der Waals surface area contributed by atoms with Crippen molar-refractivity contribution in [3.63, 3.8) is 0 Å². The first kappa shape index (κ1) is 29.3. The van der Waals surface area contributed by atoms with Crippen LogP contribution in [0.25, 0.3) is 0 Å². The number of cyclic esters (lactones) is 1. The summed E-state index contributed by atoms with van der Waals surface area (Å²) in [5, 5.41) is 2.71. The molecule has 1 N–H and O–H groups in total. The molecule has 4 unspecified atom stereocenters. The number of esters is 2. The quantitative estimate of drug-likeness (QED) is 0.431. The summed E-state index contributed by atoms with van der Waals surface area (Å²) in [7, 11) is 0. The number of Topliss-reactive ketones (excluding diaryl/α,β-unsaturated/α-hetero) is 1. The fraction of sp³-hybridized carbons (Fsp3) is 0.643. The van der Waals surface area contributed by atoms with Gasteiger partial charge in [-0.05, 0) is 30.7 Å². The number of alkyl carbamates (subject to hydrolysis) is 1. The van der Waals surface area contributed by atoms with Crippen LogP contribution in [0.3, 0.4) is 0 Å². The van der Waals surface area contributed by atoms with Crippen LogP contribution in [-0.4, -0.2) is 42.6 Å². The Morgan fingerprint density at radius 2 is 1.69 bits per heavy atom. The molecule has 8 nitrogen and oxygen atoms in total. The Bertz CT molecular complexity index is 855. The van der Waals surface area contributed by atoms with Crippen LogP contribution in [0.4, 0.5) is 4.79 Å². The summed E-state index contributed by atoms with van der Waals surface area (Å²) in [5.41, 5.74) is 0.918. The van der Waals surface area contributed by atoms with Gasteiger partial charge in [0.2, 0.25) is 0 Å². The highest BCUT2D eigenvalue weighted by Crippen LogP contribution is 2.22. The number of ketones is 1. The molecular formula is C28H41NO7. The van der Waals surface area contributed by atoms with Crippen LogP contribution in [0.2, 0.25) is 0 Å². The molecule has 36 heavy (non-hydrogen) atoms. The lowest BCUT2D eigenvalue weighted by molar-refractivity contribution is -0.158. The molecule has 0 saturated carbocycles. The lowest BCUT2D eigenvalue weighted by Crippen LogP contribution is -2.41. The zero-order valence-electron chi connectivity index (χ0n) is 22.0. The molecule has 8 heteroatoms. The van der Waals surface area contributed by atoms with Crippen LogP contribution in [0.1, 0.15) is 78.2 Å². The van der Waals surface area contributed by atoms with Gasteiger partial charge in [0.1, 0.15) is 6.10 Å². The molecule has 1 aromatic carbocycles. The van der Waals surface area contributed by atoms with E-state index in [1.165, 1.54) is 0 Å². The molecule has 1 aromatic rings. The van der Waals surface area contributed by atoms with Gasteiger partial charge in [0, 0.05) is 19.4 Å². The van der Waals surface area contributed by atoms with E-state index >= 15 is 0 Å². The number of hydrogen-bond acceptors (Lipinski definition) is 7. The molecule has 0 aromatic heterocycles. The molecular weight excluding hydrogens is 462 g/mol. The average molecular weight is 504 g/mol. The van der Waals surface area contributed by atoms with E-state index in [4.69, 9.17) is 14.2 Å². The highest BCUT2D eigenvalue weighted by atomic mass is 16.6. The van der Waals surface area contributed by atoms with Crippen molar-refractivity contribution in [3.8, 4) is 0 Å². The number of benzene rings is 1. The van der Waals surface area contributed by atoms with Gasteiger partial charge in [-0.2, -0.15) is 0 Å². The van der Waals surface area contributed by atoms with Gasteiger partial charge in [0.15, 0.2) is 11.9 Å². The second-order valence-electron chi connectivity index (χ2n) is 10.0. The van der Waals surface area contributed by atoms with Gasteiger partial charge >= 0.3 is 18.0 Å². The second kappa shape index (κ2) is 15.3. The molecule has 0 aliphatic carbocycles. The third-order valence-electron chi connectivity index (χ3n) is 6.36. The highest BCUT2D eigenvalue weighted by Gasteiger charge is 2.34. The topological polar surface area (TPSA) is 108 Å². The van der Waals surface area contributed by atoms with Crippen molar-refractivity contribution in [1.29, 1.82) is 0 Å². The van der Waals surface area contributed by atoms with Gasteiger partial charge in [-0.3, -0.25) is 14.4 Å². The summed E-state index contributed by atoms with van der Waals surface area (Å²) in [6.07, 6.45) is 1.32. The highest BCUT2D eigenvalue weighted by molar-refractivity contribution is 5.88. The van der Waals surface area contributed by atoms with E-state index in [-0.39, 0.29) is 49.6 Å². The molecule has 1 aliphatic heterocycles. The van der Waals surface area contributed by atoms with Crippen molar-refractivity contribution >= 4 is 23.8 Å². The number of amides is 1. The molecule has 200 valence electrons. The largest absolute Gasteiger partial charge is 0.465 e. The van der Waals surface area contributed by atoms with Crippen molar-refractivity contribution in [2.24, 2.45) is 17.8 Å². The molecule has 1 amide bonds. The predicted octanol–water partition coefficient (Wildman–Crippen LogP) is 4.98. The molecule has 2 rings (SSSR count). The first-order valence-electron chi connectivity index (χ1n) is 13.1. The Morgan fingerprint density at radius 1 is 1.00 bits per heavy atom. The predicted molar refractivity (Wildman–Crippen MR) is 135 cm³/mol. The number of nitrogens with one attached hydrogen (secondary N) is 1. The summed E-state index contributed by atoms with van der Waals surface area (Å²) in [4.78, 5) is 50.7. The Morgan fingerprint density at radius 3 is 2.39 bits per heavy atom. The van der Waals surface area contributed by atoms with Gasteiger partial charge in [-0.25, -0.2) is 4.79 Å². The maximum atomic E-state index is 13.5. The molecule has 0 bridgehead atoms. The fourth-order valence-electron chi connectivity index (χ4n) is 4.13. The smallest absolute Gasteiger partial charge is 0.408 e. The summed E-state index contributed by atoms with van der Waals surface area (Å²) < 4.78 is 16.6. The van der Waals surface area contributed by atoms with Gasteiger partial charge in [-0.15, -0.1) is 0 Å². The minimum atomic E-state index is -0.954. The maximum absolute atomic E-state index is 13.5. The molecule has 1 fully saturated rings. The fourth-order valence-corrected chi connectivity index (χ4v) is 4.13. The van der Waals surface area contributed by atoms with E-state index in [2.05, 4.69) is 5.32 Å². The number of carbonyl (C=O) groups excluding carboxylic acids is 4. The zero-order valence-corrected chi connectivity index (χ0v) is 22.0. The SMILES string of the molecule is CC(C)CC(=O)OC1CCOC(=O)C(C)CCCCCC(OC(=O)NCc2ccccc2)C(=O)C1C. The van der Waals surface area contributed by atoms with Crippen LogP contribution in [0.5, 0.6) is 0 Å². The maximum Gasteiger partial charge on any atom is 0.408 e. The van der Waals surface area contributed by atoms with Crippen LogP contribution in [0, 0.1) is 17.8 Å². The normalized spacial score (nSPS) is 24.4. The third-order valence-corrected chi connectivity index (χ3v) is 6.36. The summed E-state index contributed by atoms with van der Waals surface area (Å²) >= 11 is 0. The second-order valence-corrected chi connectivity index (χ2v) is 10.0. The summed E-state index contributed by atoms with van der Waals surface area (Å²) in [5.74, 6) is -1.85. The van der Waals surface area contributed by atoms with Crippen LogP contribution in [0.15, 0.2) is 30.3 Å². The van der Waals surface area contributed by atoms with E-state index < -0.39 is 30.2 Å². The minimum Gasteiger partial charge on any atom is -0.465 e. The van der Waals surface area contributed by atoms with Gasteiger partial charge in [0.05, 0.1) is 18.4 Å². The minimum absolute atomic E-state index is 0.0451. The van der Waals surface area contributed by atoms with E-state index in [1.807, 2.05) is 51.1 Å².